The summed E-state index contributed by atoms with van der Waals surface area (Å²) in [6.07, 6.45) is -0.540. The second-order valence-corrected chi connectivity index (χ2v) is 4.52. The molecule has 0 saturated heterocycles. The van der Waals surface area contributed by atoms with Crippen LogP contribution in [0.4, 0.5) is 5.69 Å². The van der Waals surface area contributed by atoms with Gasteiger partial charge in [0.25, 0.3) is 0 Å². The van der Waals surface area contributed by atoms with Crippen molar-refractivity contribution in [2.24, 2.45) is 0 Å². The monoisotopic (exact) mass is 257 g/mol. The number of para-hydroxylation sites is 1. The zero-order valence-electron chi connectivity index (χ0n) is 11.0. The van der Waals surface area contributed by atoms with Gasteiger partial charge < -0.3 is 15.2 Å². The Morgan fingerprint density at radius 2 is 1.74 bits per heavy atom. The van der Waals surface area contributed by atoms with Crippen LogP contribution in [0.15, 0.2) is 54.6 Å². The first-order valence-corrected chi connectivity index (χ1v) is 6.40. The number of ether oxygens (including phenoxy) is 1. The average molecular weight is 257 g/mol. The molecule has 0 aliphatic heterocycles. The molecule has 19 heavy (non-hydrogen) atoms. The Hall–Kier alpha value is -2.00. The van der Waals surface area contributed by atoms with Crippen molar-refractivity contribution in [3.8, 4) is 5.75 Å². The van der Waals surface area contributed by atoms with E-state index in [0.717, 1.165) is 11.4 Å². The van der Waals surface area contributed by atoms with E-state index >= 15 is 0 Å². The summed E-state index contributed by atoms with van der Waals surface area (Å²) in [4.78, 5) is 0. The van der Waals surface area contributed by atoms with Crippen molar-refractivity contribution in [1.82, 2.24) is 0 Å². The van der Waals surface area contributed by atoms with E-state index in [1.807, 2.05) is 61.5 Å². The molecule has 2 rings (SSSR count). The molecule has 0 bridgehead atoms. The zero-order chi connectivity index (χ0) is 13.5. The summed E-state index contributed by atoms with van der Waals surface area (Å²) in [6.45, 7) is 2.78. The van der Waals surface area contributed by atoms with Gasteiger partial charge in [-0.15, -0.1) is 0 Å². The molecule has 100 valence electrons. The standard InChI is InChI=1S/C16H19NO2/c1-13-7-9-16(10-8-13)19-12-15(18)11-17-14-5-3-2-4-6-14/h2-10,15,17-18H,11-12H2,1H3/t15-/m0/s1. The van der Waals surface area contributed by atoms with E-state index in [0.29, 0.717) is 6.54 Å². The van der Waals surface area contributed by atoms with Gasteiger partial charge in [-0.2, -0.15) is 0 Å². The van der Waals surface area contributed by atoms with Crippen molar-refractivity contribution in [1.29, 1.82) is 0 Å². The lowest BCUT2D eigenvalue weighted by atomic mass is 10.2. The Morgan fingerprint density at radius 3 is 2.42 bits per heavy atom. The van der Waals surface area contributed by atoms with Crippen LogP contribution in [0.3, 0.4) is 0 Å². The number of hydrogen-bond acceptors (Lipinski definition) is 3. The lowest BCUT2D eigenvalue weighted by molar-refractivity contribution is 0.117. The molecule has 0 saturated carbocycles. The summed E-state index contributed by atoms with van der Waals surface area (Å²) in [5.74, 6) is 0.782. The number of aliphatic hydroxyl groups is 1. The topological polar surface area (TPSA) is 41.5 Å². The fraction of sp³-hybridized carbons (Fsp3) is 0.250. The van der Waals surface area contributed by atoms with Crippen molar-refractivity contribution in [3.05, 3.63) is 60.2 Å². The lowest BCUT2D eigenvalue weighted by Gasteiger charge is -2.14. The smallest absolute Gasteiger partial charge is 0.119 e. The SMILES string of the molecule is Cc1ccc(OC[C@@H](O)CNc2ccccc2)cc1. The summed E-state index contributed by atoms with van der Waals surface area (Å²) < 4.78 is 5.52. The zero-order valence-corrected chi connectivity index (χ0v) is 11.0. The quantitative estimate of drug-likeness (QED) is 0.836. The van der Waals surface area contributed by atoms with Crippen molar-refractivity contribution in [3.63, 3.8) is 0 Å². The summed E-state index contributed by atoms with van der Waals surface area (Å²) in [6, 6.07) is 17.6. The molecule has 3 heteroatoms. The van der Waals surface area contributed by atoms with Crippen LogP contribution in [0.2, 0.25) is 0 Å². The fourth-order valence-corrected chi connectivity index (χ4v) is 1.68. The third-order valence-electron chi connectivity index (χ3n) is 2.78. The number of rotatable bonds is 6. The molecule has 1 atom stereocenters. The predicted molar refractivity (Wildman–Crippen MR) is 77.6 cm³/mol. The van der Waals surface area contributed by atoms with Crippen LogP contribution in [-0.2, 0) is 0 Å². The van der Waals surface area contributed by atoms with E-state index < -0.39 is 6.10 Å². The van der Waals surface area contributed by atoms with Gasteiger partial charge in [0.1, 0.15) is 18.5 Å². The molecule has 0 spiro atoms. The van der Waals surface area contributed by atoms with Crippen molar-refractivity contribution >= 4 is 5.69 Å². The van der Waals surface area contributed by atoms with Crippen molar-refractivity contribution in [2.45, 2.75) is 13.0 Å². The van der Waals surface area contributed by atoms with Gasteiger partial charge in [0, 0.05) is 12.2 Å². The average Bonchev–Trinajstić information content (AvgIpc) is 2.45. The number of aliphatic hydroxyl groups excluding tert-OH is 1. The summed E-state index contributed by atoms with van der Waals surface area (Å²) in [5, 5.41) is 13.0. The maximum Gasteiger partial charge on any atom is 0.119 e. The minimum atomic E-state index is -0.540. The first-order valence-electron chi connectivity index (χ1n) is 6.40. The van der Waals surface area contributed by atoms with Crippen molar-refractivity contribution in [2.75, 3.05) is 18.5 Å². The summed E-state index contributed by atoms with van der Waals surface area (Å²) in [7, 11) is 0. The third kappa shape index (κ3) is 4.64. The molecule has 0 heterocycles. The van der Waals surface area contributed by atoms with Gasteiger partial charge in [-0.3, -0.25) is 0 Å². The Bertz CT molecular complexity index is 482. The van der Waals surface area contributed by atoms with Crippen LogP contribution in [0, 0.1) is 6.92 Å². The van der Waals surface area contributed by atoms with Gasteiger partial charge >= 0.3 is 0 Å². The number of anilines is 1. The van der Waals surface area contributed by atoms with Crippen LogP contribution >= 0.6 is 0 Å². The highest BCUT2D eigenvalue weighted by molar-refractivity contribution is 5.42. The Kier molecular flexibility index (Phi) is 4.81. The summed E-state index contributed by atoms with van der Waals surface area (Å²) >= 11 is 0. The van der Waals surface area contributed by atoms with E-state index in [1.54, 1.807) is 0 Å². The highest BCUT2D eigenvalue weighted by Gasteiger charge is 2.05. The number of aryl methyl sites for hydroxylation is 1. The number of hydrogen-bond donors (Lipinski definition) is 2. The first-order chi connectivity index (χ1) is 9.24. The fourth-order valence-electron chi connectivity index (χ4n) is 1.68. The van der Waals surface area contributed by atoms with E-state index in [2.05, 4.69) is 5.32 Å². The molecule has 0 aromatic heterocycles. The van der Waals surface area contributed by atoms with Gasteiger partial charge in [0.05, 0.1) is 0 Å². The molecule has 3 nitrogen and oxygen atoms in total. The number of nitrogens with one attached hydrogen (secondary N) is 1. The van der Waals surface area contributed by atoms with Gasteiger partial charge in [-0.25, -0.2) is 0 Å². The molecule has 0 aliphatic rings. The molecule has 0 fully saturated rings. The minimum Gasteiger partial charge on any atom is -0.491 e. The molecular weight excluding hydrogens is 238 g/mol. The molecule has 0 aliphatic carbocycles. The Balaban J connectivity index is 1.72. The minimum absolute atomic E-state index is 0.281. The van der Waals surface area contributed by atoms with Gasteiger partial charge in [-0.05, 0) is 31.2 Å². The van der Waals surface area contributed by atoms with Crippen molar-refractivity contribution < 1.29 is 9.84 Å². The van der Waals surface area contributed by atoms with Crippen LogP contribution in [-0.4, -0.2) is 24.4 Å². The molecule has 0 unspecified atom stereocenters. The predicted octanol–water partition coefficient (Wildman–Crippen LogP) is 2.85. The van der Waals surface area contributed by atoms with E-state index in [-0.39, 0.29) is 6.61 Å². The Morgan fingerprint density at radius 1 is 1.05 bits per heavy atom. The van der Waals surface area contributed by atoms with Crippen LogP contribution in [0.25, 0.3) is 0 Å². The van der Waals surface area contributed by atoms with E-state index in [9.17, 15) is 5.11 Å². The highest BCUT2D eigenvalue weighted by atomic mass is 16.5. The van der Waals surface area contributed by atoms with Crippen LogP contribution < -0.4 is 10.1 Å². The molecule has 2 aromatic carbocycles. The molecule has 0 radical (unpaired) electrons. The van der Waals surface area contributed by atoms with E-state index in [4.69, 9.17) is 4.74 Å². The van der Waals surface area contributed by atoms with Crippen LogP contribution in [0.1, 0.15) is 5.56 Å². The van der Waals surface area contributed by atoms with Gasteiger partial charge in [0.2, 0.25) is 0 Å². The highest BCUT2D eigenvalue weighted by Crippen LogP contribution is 2.11. The maximum atomic E-state index is 9.84. The second kappa shape index (κ2) is 6.81. The maximum absolute atomic E-state index is 9.84. The molecule has 2 N–H and O–H groups in total. The normalized spacial score (nSPS) is 11.9. The second-order valence-electron chi connectivity index (χ2n) is 4.52. The summed E-state index contributed by atoms with van der Waals surface area (Å²) in [5.41, 5.74) is 2.19. The van der Waals surface area contributed by atoms with E-state index in [1.165, 1.54) is 5.56 Å². The number of benzene rings is 2. The largest absolute Gasteiger partial charge is 0.491 e. The van der Waals surface area contributed by atoms with Crippen LogP contribution in [0.5, 0.6) is 5.75 Å². The molecule has 0 amide bonds. The van der Waals surface area contributed by atoms with Gasteiger partial charge in [-0.1, -0.05) is 35.9 Å². The molecular formula is C16H19NO2. The van der Waals surface area contributed by atoms with Gasteiger partial charge in [0.15, 0.2) is 0 Å². The Labute approximate surface area is 113 Å². The third-order valence-corrected chi connectivity index (χ3v) is 2.78. The first kappa shape index (κ1) is 13.4. The lowest BCUT2D eigenvalue weighted by Crippen LogP contribution is -2.26. The molecule has 2 aromatic rings.